The SMILES string of the molecule is CC[C@H]1OC(=O)C[C@@H](OC(C)=O)C(C)[C@@H](O[C@@H]2O[C@H](C)C(O[C@@H]3C[C@@H](C)[C@H](OC(=O)CC(C)C)[C@](C)(O)O3)[C@H](N(C)C)[C@H]2O)[C@@H](CCN2CC(C)CC(C)C2)C[C@@H](C)C(=O)/C=C/C(C)=C/[C@@H]1CO[C@@H]1O[C@H](C)[C@@H](O)[C@@H](OC)[C@H]1OC. The maximum absolute atomic E-state index is 14.5. The van der Waals surface area contributed by atoms with E-state index in [1.165, 1.54) is 28.1 Å². The largest absolute Gasteiger partial charge is 0.462 e. The lowest BCUT2D eigenvalue weighted by molar-refractivity contribution is -0.378. The first-order chi connectivity index (χ1) is 37.6. The van der Waals surface area contributed by atoms with Crippen LogP contribution in [-0.2, 0) is 71.3 Å². The Balaban J connectivity index is 1.50. The first-order valence-corrected chi connectivity index (χ1v) is 29.5. The van der Waals surface area contributed by atoms with E-state index >= 15 is 0 Å². The van der Waals surface area contributed by atoms with Gasteiger partial charge in [-0.25, -0.2) is 0 Å². The molecule has 0 radical (unpaired) electrons. The number of esters is 3. The molecule has 4 unspecified atom stereocenters. The number of aliphatic hydroxyl groups is 3. The molecule has 0 aromatic rings. The molecule has 0 saturated carbocycles. The van der Waals surface area contributed by atoms with Crippen molar-refractivity contribution in [3.63, 3.8) is 0 Å². The molecule has 5 rings (SSSR count). The molecule has 5 heterocycles. The molecule has 0 bridgehead atoms. The lowest BCUT2D eigenvalue weighted by atomic mass is 9.79. The second-order valence-corrected chi connectivity index (χ2v) is 25.0. The van der Waals surface area contributed by atoms with Crippen LogP contribution in [0.25, 0.3) is 0 Å². The number of ketones is 1. The Labute approximate surface area is 477 Å². The van der Waals surface area contributed by atoms with Gasteiger partial charge in [-0.2, -0.15) is 0 Å². The molecule has 20 nitrogen and oxygen atoms in total. The maximum Gasteiger partial charge on any atom is 0.309 e. The Morgan fingerprint density at radius 2 is 1.50 bits per heavy atom. The van der Waals surface area contributed by atoms with Crippen molar-refractivity contribution in [2.75, 3.05) is 54.6 Å². The summed E-state index contributed by atoms with van der Waals surface area (Å²) in [6.45, 7) is 26.4. The van der Waals surface area contributed by atoms with Crippen molar-refractivity contribution in [1.29, 1.82) is 0 Å². The van der Waals surface area contributed by atoms with Crippen LogP contribution in [0.4, 0.5) is 0 Å². The first kappa shape index (κ1) is 67.8. The van der Waals surface area contributed by atoms with Crippen LogP contribution in [-0.4, -0.2) is 201 Å². The maximum atomic E-state index is 14.5. The van der Waals surface area contributed by atoms with Crippen molar-refractivity contribution in [2.24, 2.45) is 47.3 Å². The zero-order valence-corrected chi connectivity index (χ0v) is 51.1. The Hall–Kier alpha value is -2.96. The average Bonchev–Trinajstić information content (AvgIpc) is 3.51. The lowest BCUT2D eigenvalue weighted by Gasteiger charge is -2.50. The van der Waals surface area contributed by atoms with E-state index in [4.69, 9.17) is 52.1 Å². The van der Waals surface area contributed by atoms with Crippen LogP contribution in [0.3, 0.4) is 0 Å². The third kappa shape index (κ3) is 18.5. The van der Waals surface area contributed by atoms with Crippen LogP contribution in [0.5, 0.6) is 0 Å². The number of ether oxygens (including phenoxy) is 11. The zero-order chi connectivity index (χ0) is 59.5. The van der Waals surface area contributed by atoms with E-state index in [0.717, 1.165) is 25.1 Å². The molecule has 80 heavy (non-hydrogen) atoms. The smallest absolute Gasteiger partial charge is 0.309 e. The van der Waals surface area contributed by atoms with Crippen molar-refractivity contribution >= 4 is 23.7 Å². The van der Waals surface area contributed by atoms with Crippen molar-refractivity contribution in [1.82, 2.24) is 9.80 Å². The number of likely N-dealkylation sites (N-methyl/N-ethyl adjacent to an activating group) is 1. The summed E-state index contributed by atoms with van der Waals surface area (Å²) in [6, 6.07) is -0.754. The molecule has 5 aliphatic rings. The zero-order valence-electron chi connectivity index (χ0n) is 51.1. The van der Waals surface area contributed by atoms with Crippen LogP contribution in [0, 0.1) is 47.3 Å². The summed E-state index contributed by atoms with van der Waals surface area (Å²) in [5.41, 5.74) is 0.724. The van der Waals surface area contributed by atoms with Crippen molar-refractivity contribution in [3.05, 3.63) is 23.8 Å². The van der Waals surface area contributed by atoms with E-state index in [-0.39, 0.29) is 43.5 Å². The number of aliphatic hydroxyl groups excluding tert-OH is 2. The standard InChI is InChI=1S/C60H102N2O18/c1-18-45-43(31-72-59-56(71-17)55(70-16)51(67)39(10)73-59)25-33(4)19-20-44(64)36(7)26-42(21-22-62-29-34(5)24-35(6)30-62)53(38(9)46(75-41(12)63)28-48(66)76-45)79-58-52(68)50(61(14)15)54(40(11)74-58)78-49-27-37(8)57(60(13,69)80-49)77-47(65)23-32(2)3/h19-20,25,32,34-40,42-43,45-46,49-59,67-69H,18,21-24,26-31H2,1-17H3/b20-19+,33-25+/t34?,35?,36-,37-,38?,39-,40-,42+,43-,45-,46-,49+,50-,51-,52-,53-,54?,55-,56-,57+,58+,59-,60-/m1/s1. The van der Waals surface area contributed by atoms with Gasteiger partial charge in [0.1, 0.15) is 42.7 Å². The summed E-state index contributed by atoms with van der Waals surface area (Å²) in [7, 11) is 6.58. The number of carbonyl (C=O) groups excluding carboxylic acids is 4. The third-order valence-electron chi connectivity index (χ3n) is 16.8. The number of allylic oxidation sites excluding steroid dienone is 3. The van der Waals surface area contributed by atoms with Gasteiger partial charge in [-0.1, -0.05) is 73.1 Å². The molecule has 0 aliphatic carbocycles. The molecular formula is C60H102N2O18. The Bertz CT molecular complexity index is 2030. The van der Waals surface area contributed by atoms with Gasteiger partial charge >= 0.3 is 17.9 Å². The van der Waals surface area contributed by atoms with Crippen LogP contribution in [0.15, 0.2) is 23.8 Å². The number of nitrogens with zero attached hydrogens (tertiary/aromatic N) is 2. The van der Waals surface area contributed by atoms with Gasteiger partial charge in [0.15, 0.2) is 30.8 Å². The van der Waals surface area contributed by atoms with Crippen molar-refractivity contribution < 1.29 is 86.6 Å². The minimum atomic E-state index is -1.88. The fourth-order valence-corrected chi connectivity index (χ4v) is 12.9. The number of cyclic esters (lactones) is 1. The molecule has 0 spiro atoms. The van der Waals surface area contributed by atoms with Gasteiger partial charge in [0.25, 0.3) is 0 Å². The van der Waals surface area contributed by atoms with Gasteiger partial charge < -0.3 is 77.2 Å². The van der Waals surface area contributed by atoms with Gasteiger partial charge in [-0.3, -0.25) is 19.2 Å². The minimum absolute atomic E-state index is 0.00715. The predicted octanol–water partition coefficient (Wildman–Crippen LogP) is 5.99. The van der Waals surface area contributed by atoms with Gasteiger partial charge in [0.05, 0.1) is 37.4 Å². The second kappa shape index (κ2) is 30.7. The highest BCUT2D eigenvalue weighted by molar-refractivity contribution is 5.91. The molecular weight excluding hydrogens is 1040 g/mol. The van der Waals surface area contributed by atoms with Crippen molar-refractivity contribution in [2.45, 2.75) is 233 Å². The summed E-state index contributed by atoms with van der Waals surface area (Å²) in [5.74, 6) is -5.22. The van der Waals surface area contributed by atoms with E-state index in [2.05, 4.69) is 18.7 Å². The van der Waals surface area contributed by atoms with E-state index in [1.54, 1.807) is 19.1 Å². The number of rotatable bonds is 18. The minimum Gasteiger partial charge on any atom is -0.462 e. The summed E-state index contributed by atoms with van der Waals surface area (Å²) >= 11 is 0. The first-order valence-electron chi connectivity index (χ1n) is 29.5. The van der Waals surface area contributed by atoms with E-state index in [9.17, 15) is 34.5 Å². The summed E-state index contributed by atoms with van der Waals surface area (Å²) in [4.78, 5) is 59.1. The van der Waals surface area contributed by atoms with Crippen molar-refractivity contribution in [3.8, 4) is 0 Å². The van der Waals surface area contributed by atoms with Gasteiger partial charge in [0, 0.05) is 70.7 Å². The Morgan fingerprint density at radius 3 is 2.09 bits per heavy atom. The van der Waals surface area contributed by atoms with Crippen LogP contribution in [0.2, 0.25) is 0 Å². The number of hydrogen-bond acceptors (Lipinski definition) is 20. The Morgan fingerprint density at radius 1 is 0.850 bits per heavy atom. The molecule has 4 saturated heterocycles. The lowest BCUT2D eigenvalue weighted by Crippen LogP contribution is -2.65. The number of carbonyl (C=O) groups is 4. The highest BCUT2D eigenvalue weighted by Crippen LogP contribution is 2.40. The molecule has 0 aromatic carbocycles. The highest BCUT2D eigenvalue weighted by atomic mass is 16.8. The molecule has 5 aliphatic heterocycles. The van der Waals surface area contributed by atoms with Crippen LogP contribution < -0.4 is 0 Å². The quantitative estimate of drug-likeness (QED) is 0.106. The molecule has 460 valence electrons. The van der Waals surface area contributed by atoms with Gasteiger partial charge in [0.2, 0.25) is 5.79 Å². The molecule has 4 fully saturated rings. The fourth-order valence-electron chi connectivity index (χ4n) is 12.9. The van der Waals surface area contributed by atoms with E-state index < -0.39 is 139 Å². The molecule has 0 amide bonds. The van der Waals surface area contributed by atoms with E-state index in [0.29, 0.717) is 37.6 Å². The van der Waals surface area contributed by atoms with Gasteiger partial charge in [-0.05, 0) is 104 Å². The molecule has 23 atom stereocenters. The predicted molar refractivity (Wildman–Crippen MR) is 296 cm³/mol. The Kier molecular flexibility index (Phi) is 26.1. The molecule has 0 aromatic heterocycles. The van der Waals surface area contributed by atoms with E-state index in [1.807, 2.05) is 80.5 Å². The number of hydrogen-bond donors (Lipinski definition) is 3. The number of piperidine rings is 1. The molecule has 3 N–H and O–H groups in total. The highest BCUT2D eigenvalue weighted by Gasteiger charge is 2.53. The fraction of sp³-hybridized carbons (Fsp3) is 0.867. The normalized spacial score (nSPS) is 42.4. The monoisotopic (exact) mass is 1140 g/mol. The average molecular weight is 1140 g/mol. The summed E-state index contributed by atoms with van der Waals surface area (Å²) < 4.78 is 68.6. The number of likely N-dealkylation sites (tertiary alicyclic amines) is 1. The summed E-state index contributed by atoms with van der Waals surface area (Å²) in [5, 5.41) is 35.0. The second-order valence-electron chi connectivity index (χ2n) is 25.0. The van der Waals surface area contributed by atoms with Gasteiger partial charge in [-0.15, -0.1) is 0 Å². The number of methoxy groups -OCH3 is 2. The summed E-state index contributed by atoms with van der Waals surface area (Å²) in [6.07, 6.45) is -5.15. The third-order valence-corrected chi connectivity index (χ3v) is 16.8. The molecule has 20 heteroatoms. The van der Waals surface area contributed by atoms with Crippen LogP contribution >= 0.6 is 0 Å². The topological polar surface area (TPSA) is 237 Å². The van der Waals surface area contributed by atoms with Crippen LogP contribution in [0.1, 0.15) is 135 Å².